The van der Waals surface area contributed by atoms with Crippen molar-refractivity contribution in [1.29, 1.82) is 0 Å². The van der Waals surface area contributed by atoms with Gasteiger partial charge in [0.25, 0.3) is 0 Å². The van der Waals surface area contributed by atoms with Crippen molar-refractivity contribution < 1.29 is 33.3 Å². The molecule has 8 heteroatoms. The lowest BCUT2D eigenvalue weighted by Crippen LogP contribution is -2.70. The molecule has 132 valence electrons. The molecule has 4 aliphatic rings. The number of rotatable bonds is 1. The van der Waals surface area contributed by atoms with Crippen LogP contribution in [0, 0.1) is 5.92 Å². The van der Waals surface area contributed by atoms with Crippen LogP contribution < -0.4 is 0 Å². The van der Waals surface area contributed by atoms with Crippen molar-refractivity contribution in [3.63, 3.8) is 0 Å². The molecule has 0 aromatic heterocycles. The number of fused-ring (bicyclic) bond motifs is 2. The minimum absolute atomic E-state index is 0.233. The van der Waals surface area contributed by atoms with E-state index in [0.29, 0.717) is 19.3 Å². The molecule has 2 N–H and O–H groups in total. The van der Waals surface area contributed by atoms with Gasteiger partial charge in [-0.15, -0.1) is 0 Å². The number of carboxylic acid groups (broad SMARTS) is 1. The summed E-state index contributed by atoms with van der Waals surface area (Å²) in [5.41, 5.74) is -0.383. The average molecular weight is 343 g/mol. The second-order valence-corrected chi connectivity index (χ2v) is 7.13. The number of carboxylic acids is 1. The Morgan fingerprint density at radius 2 is 2.04 bits per heavy atom. The predicted molar refractivity (Wildman–Crippen MR) is 76.6 cm³/mol. The van der Waals surface area contributed by atoms with Crippen LogP contribution in [0.4, 0.5) is 8.78 Å². The lowest BCUT2D eigenvalue weighted by Gasteiger charge is -2.58. The summed E-state index contributed by atoms with van der Waals surface area (Å²) in [6.07, 6.45) is -3.60. The topological polar surface area (TPSA) is 87.1 Å². The zero-order chi connectivity index (χ0) is 17.2. The summed E-state index contributed by atoms with van der Waals surface area (Å²) >= 11 is 0. The second kappa shape index (κ2) is 5.49. The van der Waals surface area contributed by atoms with Gasteiger partial charge >= 0.3 is 5.97 Å². The van der Waals surface area contributed by atoms with E-state index in [1.54, 1.807) is 4.90 Å². The number of halogens is 2. The van der Waals surface area contributed by atoms with Gasteiger partial charge < -0.3 is 19.8 Å². The number of hydrogen-bond donors (Lipinski definition) is 2. The van der Waals surface area contributed by atoms with Crippen LogP contribution >= 0.6 is 0 Å². The third kappa shape index (κ3) is 2.19. The number of carbonyl (C=O) groups is 2. The highest BCUT2D eigenvalue weighted by molar-refractivity contribution is 6.18. The number of carbonyl (C=O) groups excluding carboxylic acids is 1. The van der Waals surface area contributed by atoms with Crippen molar-refractivity contribution in [2.75, 3.05) is 0 Å². The Morgan fingerprint density at radius 1 is 1.29 bits per heavy atom. The number of ketones is 1. The molecule has 0 spiro atoms. The highest BCUT2D eigenvalue weighted by Gasteiger charge is 2.59. The molecule has 0 amide bonds. The number of morpholine rings is 1. The van der Waals surface area contributed by atoms with Crippen LogP contribution in [0.15, 0.2) is 11.8 Å². The van der Waals surface area contributed by atoms with E-state index in [9.17, 15) is 28.6 Å². The van der Waals surface area contributed by atoms with E-state index in [0.717, 1.165) is 0 Å². The first-order valence-corrected chi connectivity index (χ1v) is 8.27. The first-order valence-electron chi connectivity index (χ1n) is 8.27. The Labute approximate surface area is 137 Å². The maximum Gasteiger partial charge on any atom is 0.340 e. The van der Waals surface area contributed by atoms with Crippen LogP contribution in [-0.2, 0) is 14.3 Å². The number of aliphatic hydroxyl groups is 1. The first kappa shape index (κ1) is 16.0. The molecule has 8 atom stereocenters. The lowest BCUT2D eigenvalue weighted by atomic mass is 9.71. The normalized spacial score (nSPS) is 47.5. The minimum Gasteiger partial charge on any atom is -0.478 e. The van der Waals surface area contributed by atoms with E-state index < -0.39 is 54.4 Å². The SMILES string of the molecule is O=C(O)C1=CN2C3CCC(O)CC3OC3C(F)C(F)CC(C1=O)C32. The third-order valence-corrected chi connectivity index (χ3v) is 5.79. The van der Waals surface area contributed by atoms with Crippen LogP contribution in [0.3, 0.4) is 0 Å². The van der Waals surface area contributed by atoms with Gasteiger partial charge in [0, 0.05) is 18.5 Å². The van der Waals surface area contributed by atoms with Gasteiger partial charge in [-0.2, -0.15) is 0 Å². The van der Waals surface area contributed by atoms with E-state index in [2.05, 4.69) is 0 Å². The van der Waals surface area contributed by atoms with Crippen molar-refractivity contribution in [3.8, 4) is 0 Å². The maximum absolute atomic E-state index is 14.4. The Balaban J connectivity index is 1.78. The van der Waals surface area contributed by atoms with Gasteiger partial charge in [0.1, 0.15) is 17.8 Å². The fourth-order valence-corrected chi connectivity index (χ4v) is 4.69. The van der Waals surface area contributed by atoms with Gasteiger partial charge in [-0.3, -0.25) is 4.79 Å². The highest BCUT2D eigenvalue weighted by atomic mass is 19.2. The van der Waals surface area contributed by atoms with Crippen LogP contribution in [0.2, 0.25) is 0 Å². The molecule has 0 aromatic carbocycles. The number of Topliss-reactive ketones (excluding diaryl/α,β-unsaturated/α-hetero) is 1. The van der Waals surface area contributed by atoms with Gasteiger partial charge in [0.15, 0.2) is 12.0 Å². The van der Waals surface area contributed by atoms with Crippen molar-refractivity contribution in [1.82, 2.24) is 4.90 Å². The molecule has 0 bridgehead atoms. The molecule has 24 heavy (non-hydrogen) atoms. The summed E-state index contributed by atoms with van der Waals surface area (Å²) < 4.78 is 34.3. The number of aliphatic hydroxyl groups excluding tert-OH is 1. The lowest BCUT2D eigenvalue weighted by molar-refractivity contribution is -0.216. The number of aliphatic carboxylic acids is 1. The average Bonchev–Trinajstić information content (AvgIpc) is 2.53. The van der Waals surface area contributed by atoms with Gasteiger partial charge in [0.05, 0.1) is 24.3 Å². The Hall–Kier alpha value is -1.54. The van der Waals surface area contributed by atoms with Crippen molar-refractivity contribution in [3.05, 3.63) is 11.8 Å². The van der Waals surface area contributed by atoms with Crippen molar-refractivity contribution in [2.45, 2.75) is 68.4 Å². The monoisotopic (exact) mass is 343 g/mol. The number of nitrogens with zero attached hydrogens (tertiary/aromatic N) is 1. The number of alkyl halides is 2. The summed E-state index contributed by atoms with van der Waals surface area (Å²) in [5.74, 6) is -2.92. The molecule has 2 saturated carbocycles. The molecule has 3 fully saturated rings. The Morgan fingerprint density at radius 3 is 2.75 bits per heavy atom. The smallest absolute Gasteiger partial charge is 0.340 e. The molecule has 2 heterocycles. The van der Waals surface area contributed by atoms with Gasteiger partial charge in [-0.1, -0.05) is 0 Å². The fraction of sp³-hybridized carbons (Fsp3) is 0.750. The standard InChI is InChI=1S/C16H19F2NO5/c17-9-4-7-13-15(12(9)18)24-11-3-6(20)1-2-10(11)19(13)5-8(14(7)21)16(22)23/h5-7,9-13,15,20H,1-4H2,(H,22,23). The zero-order valence-corrected chi connectivity index (χ0v) is 12.8. The zero-order valence-electron chi connectivity index (χ0n) is 12.8. The van der Waals surface area contributed by atoms with E-state index in [1.165, 1.54) is 6.20 Å². The third-order valence-electron chi connectivity index (χ3n) is 5.79. The highest BCUT2D eigenvalue weighted by Crippen LogP contribution is 2.46. The maximum atomic E-state index is 14.4. The van der Waals surface area contributed by atoms with Crippen molar-refractivity contribution in [2.24, 2.45) is 5.92 Å². The van der Waals surface area contributed by atoms with Crippen LogP contribution in [-0.4, -0.2) is 69.6 Å². The van der Waals surface area contributed by atoms with Crippen molar-refractivity contribution >= 4 is 11.8 Å². The molecule has 8 unspecified atom stereocenters. The van der Waals surface area contributed by atoms with Gasteiger partial charge in [-0.05, 0) is 19.3 Å². The molecule has 4 rings (SSSR count). The predicted octanol–water partition coefficient (Wildman–Crippen LogP) is 0.585. The fourth-order valence-electron chi connectivity index (χ4n) is 4.69. The first-order chi connectivity index (χ1) is 11.4. The van der Waals surface area contributed by atoms with Crippen LogP contribution in [0.1, 0.15) is 25.7 Å². The summed E-state index contributed by atoms with van der Waals surface area (Å²) in [4.78, 5) is 25.5. The van der Waals surface area contributed by atoms with Crippen LogP contribution in [0.5, 0.6) is 0 Å². The van der Waals surface area contributed by atoms with E-state index in [4.69, 9.17) is 4.74 Å². The summed E-state index contributed by atoms with van der Waals surface area (Å²) in [6, 6.07) is -0.915. The molecule has 2 aliphatic carbocycles. The van der Waals surface area contributed by atoms with E-state index in [-0.39, 0.29) is 18.0 Å². The Kier molecular flexibility index (Phi) is 3.65. The minimum atomic E-state index is -1.86. The van der Waals surface area contributed by atoms with Crippen LogP contribution in [0.25, 0.3) is 0 Å². The number of hydrogen-bond acceptors (Lipinski definition) is 5. The Bertz CT molecular complexity index is 611. The summed E-state index contributed by atoms with van der Waals surface area (Å²) in [6.45, 7) is 0. The quantitative estimate of drug-likeness (QED) is 0.678. The number of ether oxygens (including phenoxy) is 1. The van der Waals surface area contributed by atoms with Gasteiger partial charge in [0.2, 0.25) is 0 Å². The molecule has 2 aliphatic heterocycles. The molecule has 6 nitrogen and oxygen atoms in total. The summed E-state index contributed by atoms with van der Waals surface area (Å²) in [7, 11) is 0. The largest absolute Gasteiger partial charge is 0.478 e. The van der Waals surface area contributed by atoms with E-state index in [1.807, 2.05) is 0 Å². The molecule has 0 aromatic rings. The molecular formula is C16H19F2NO5. The summed E-state index contributed by atoms with van der Waals surface area (Å²) in [5, 5.41) is 19.1. The molecule has 1 saturated heterocycles. The molecule has 0 radical (unpaired) electrons. The van der Waals surface area contributed by atoms with E-state index >= 15 is 0 Å². The second-order valence-electron chi connectivity index (χ2n) is 7.13. The van der Waals surface area contributed by atoms with Gasteiger partial charge in [-0.25, -0.2) is 13.6 Å². The molecular weight excluding hydrogens is 324 g/mol.